The van der Waals surface area contributed by atoms with E-state index in [4.69, 9.17) is 14.2 Å². The van der Waals surface area contributed by atoms with Gasteiger partial charge in [-0.3, -0.25) is 0 Å². The van der Waals surface area contributed by atoms with Crippen LogP contribution in [0.25, 0.3) is 0 Å². The Bertz CT molecular complexity index is 786. The highest BCUT2D eigenvalue weighted by Gasteiger charge is 2.18. The fourth-order valence-electron chi connectivity index (χ4n) is 2.45. The lowest BCUT2D eigenvalue weighted by Gasteiger charge is -2.22. The summed E-state index contributed by atoms with van der Waals surface area (Å²) in [5.74, 6) is 0.700. The van der Waals surface area contributed by atoms with Gasteiger partial charge in [-0.2, -0.15) is 0 Å². The Morgan fingerprint density at radius 1 is 1.14 bits per heavy atom. The van der Waals surface area contributed by atoms with Crippen molar-refractivity contribution in [2.24, 2.45) is 0 Å². The number of benzene rings is 1. The molecule has 2 aromatic rings. The molecule has 0 aliphatic carbocycles. The maximum absolute atomic E-state index is 12.8. The van der Waals surface area contributed by atoms with Crippen LogP contribution in [0.15, 0.2) is 23.6 Å². The number of amides is 2. The number of carbonyl (C=O) groups is 2. The topological polar surface area (TPSA) is 90.0 Å². The number of hydrogen-bond acceptors (Lipinski definition) is 7. The van der Waals surface area contributed by atoms with Crippen LogP contribution in [0.5, 0.6) is 11.5 Å². The van der Waals surface area contributed by atoms with Crippen molar-refractivity contribution >= 4 is 29.0 Å². The van der Waals surface area contributed by atoms with Gasteiger partial charge in [0, 0.05) is 35.8 Å². The number of nitrogens with one attached hydrogen (secondary N) is 1. The van der Waals surface area contributed by atoms with E-state index in [-0.39, 0.29) is 11.7 Å². The highest BCUT2D eigenvalue weighted by molar-refractivity contribution is 7.09. The highest BCUT2D eigenvalue weighted by Crippen LogP contribution is 2.26. The minimum absolute atomic E-state index is 0.260. The normalized spacial score (nSPS) is 10.3. The number of thiazole rings is 1. The molecule has 0 saturated carbocycles. The van der Waals surface area contributed by atoms with E-state index in [1.54, 1.807) is 49.6 Å². The monoisotopic (exact) mass is 407 g/mol. The molecule has 0 saturated heterocycles. The number of esters is 1. The van der Waals surface area contributed by atoms with Crippen molar-refractivity contribution in [1.29, 1.82) is 0 Å². The summed E-state index contributed by atoms with van der Waals surface area (Å²) in [6, 6.07) is 4.89. The second-order valence-electron chi connectivity index (χ2n) is 5.80. The van der Waals surface area contributed by atoms with Gasteiger partial charge < -0.3 is 24.4 Å². The van der Waals surface area contributed by atoms with Crippen LogP contribution in [0.3, 0.4) is 0 Å². The number of hydrogen-bond donors (Lipinski definition) is 1. The van der Waals surface area contributed by atoms with Crippen molar-refractivity contribution in [1.82, 2.24) is 9.88 Å². The van der Waals surface area contributed by atoms with Crippen LogP contribution in [0.1, 0.15) is 35.8 Å². The molecule has 2 amide bonds. The van der Waals surface area contributed by atoms with Crippen LogP contribution in [0.4, 0.5) is 10.5 Å². The van der Waals surface area contributed by atoms with Crippen LogP contribution >= 0.6 is 11.3 Å². The van der Waals surface area contributed by atoms with Gasteiger partial charge in [-0.1, -0.05) is 6.92 Å². The molecular weight excluding hydrogens is 382 g/mol. The fraction of sp³-hybridized carbons (Fsp3) is 0.421. The van der Waals surface area contributed by atoms with Crippen molar-refractivity contribution in [3.05, 3.63) is 34.3 Å². The predicted molar refractivity (Wildman–Crippen MR) is 107 cm³/mol. The number of anilines is 1. The van der Waals surface area contributed by atoms with Crippen LogP contribution in [0, 0.1) is 0 Å². The number of aromatic nitrogens is 1. The van der Waals surface area contributed by atoms with Crippen molar-refractivity contribution in [2.45, 2.75) is 26.8 Å². The number of rotatable bonds is 9. The molecule has 0 atom stereocenters. The number of carbonyl (C=O) groups excluding carboxylic acids is 2. The third kappa shape index (κ3) is 5.85. The Morgan fingerprint density at radius 3 is 2.39 bits per heavy atom. The average Bonchev–Trinajstić information content (AvgIpc) is 3.16. The van der Waals surface area contributed by atoms with E-state index in [1.807, 2.05) is 6.92 Å². The average molecular weight is 407 g/mol. The fourth-order valence-corrected chi connectivity index (χ4v) is 3.23. The lowest BCUT2D eigenvalue weighted by molar-refractivity contribution is 0.0520. The maximum atomic E-state index is 12.8. The standard InChI is InChI=1S/C19H25N3O5S/c1-5-7-22(11-17-21-16(12-28-17)18(23)27-6-2)19(24)20-13-8-14(25-3)10-15(9-13)26-4/h8-10,12H,5-7,11H2,1-4H3,(H,20,24). The number of nitrogens with zero attached hydrogens (tertiary/aromatic N) is 2. The Balaban J connectivity index is 2.11. The first kappa shape index (κ1) is 21.5. The Kier molecular flexibility index (Phi) is 8.06. The molecule has 8 nitrogen and oxygen atoms in total. The first-order chi connectivity index (χ1) is 13.5. The van der Waals surface area contributed by atoms with E-state index >= 15 is 0 Å². The molecule has 152 valence electrons. The quantitative estimate of drug-likeness (QED) is 0.636. The maximum Gasteiger partial charge on any atom is 0.357 e. The Labute approximate surface area is 168 Å². The summed E-state index contributed by atoms with van der Waals surface area (Å²) in [6.45, 7) is 4.86. The van der Waals surface area contributed by atoms with Crippen LogP contribution in [-0.4, -0.2) is 49.3 Å². The lowest BCUT2D eigenvalue weighted by Crippen LogP contribution is -2.35. The second kappa shape index (κ2) is 10.5. The molecule has 1 N–H and O–H groups in total. The Morgan fingerprint density at radius 2 is 1.82 bits per heavy atom. The van der Waals surface area contributed by atoms with Crippen LogP contribution < -0.4 is 14.8 Å². The van der Waals surface area contributed by atoms with Crippen molar-refractivity contribution in [3.63, 3.8) is 0 Å². The number of methoxy groups -OCH3 is 2. The number of ether oxygens (including phenoxy) is 3. The molecule has 0 radical (unpaired) electrons. The van der Waals surface area contributed by atoms with Crippen LogP contribution in [-0.2, 0) is 11.3 Å². The van der Waals surface area contributed by atoms with Gasteiger partial charge in [0.2, 0.25) is 0 Å². The molecule has 0 spiro atoms. The Hall–Kier alpha value is -2.81. The summed E-state index contributed by atoms with van der Waals surface area (Å²) in [5, 5.41) is 5.16. The van der Waals surface area contributed by atoms with Crippen molar-refractivity contribution in [3.8, 4) is 11.5 Å². The first-order valence-electron chi connectivity index (χ1n) is 8.91. The van der Waals surface area contributed by atoms with Gasteiger partial charge in [-0.05, 0) is 13.3 Å². The molecule has 1 aromatic carbocycles. The van der Waals surface area contributed by atoms with Gasteiger partial charge >= 0.3 is 12.0 Å². The predicted octanol–water partition coefficient (Wildman–Crippen LogP) is 3.78. The van der Waals surface area contributed by atoms with E-state index in [0.29, 0.717) is 41.9 Å². The summed E-state index contributed by atoms with van der Waals surface area (Å²) in [7, 11) is 3.10. The van der Waals surface area contributed by atoms with E-state index < -0.39 is 5.97 Å². The van der Waals surface area contributed by atoms with Gasteiger partial charge in [-0.15, -0.1) is 11.3 Å². The third-order valence-corrected chi connectivity index (χ3v) is 4.58. The van der Waals surface area contributed by atoms with Gasteiger partial charge in [-0.25, -0.2) is 14.6 Å². The van der Waals surface area contributed by atoms with Gasteiger partial charge in [0.05, 0.1) is 27.4 Å². The van der Waals surface area contributed by atoms with E-state index in [0.717, 1.165) is 6.42 Å². The summed E-state index contributed by atoms with van der Waals surface area (Å²) in [5.41, 5.74) is 0.824. The zero-order valence-corrected chi connectivity index (χ0v) is 17.3. The molecule has 9 heteroatoms. The molecule has 1 aromatic heterocycles. The molecule has 2 rings (SSSR count). The molecule has 0 aliphatic heterocycles. The lowest BCUT2D eigenvalue weighted by atomic mass is 10.2. The van der Waals surface area contributed by atoms with Gasteiger partial charge in [0.15, 0.2) is 5.69 Å². The highest BCUT2D eigenvalue weighted by atomic mass is 32.1. The van der Waals surface area contributed by atoms with Crippen molar-refractivity contribution < 1.29 is 23.8 Å². The third-order valence-electron chi connectivity index (χ3n) is 3.75. The van der Waals surface area contributed by atoms with E-state index in [2.05, 4.69) is 10.3 Å². The molecule has 0 aliphatic rings. The summed E-state index contributed by atoms with van der Waals surface area (Å²) in [4.78, 5) is 30.5. The smallest absolute Gasteiger partial charge is 0.357 e. The van der Waals surface area contributed by atoms with E-state index in [9.17, 15) is 9.59 Å². The molecule has 1 heterocycles. The molecule has 0 bridgehead atoms. The zero-order valence-electron chi connectivity index (χ0n) is 16.5. The summed E-state index contributed by atoms with van der Waals surface area (Å²) >= 11 is 1.32. The SMILES string of the molecule is CCCN(Cc1nc(C(=O)OCC)cs1)C(=O)Nc1cc(OC)cc(OC)c1. The molecule has 0 fully saturated rings. The minimum Gasteiger partial charge on any atom is -0.497 e. The first-order valence-corrected chi connectivity index (χ1v) is 9.79. The zero-order chi connectivity index (χ0) is 20.5. The largest absolute Gasteiger partial charge is 0.497 e. The van der Waals surface area contributed by atoms with Gasteiger partial charge in [0.1, 0.15) is 16.5 Å². The molecular formula is C19H25N3O5S. The summed E-state index contributed by atoms with van der Waals surface area (Å²) in [6.07, 6.45) is 0.783. The number of urea groups is 1. The van der Waals surface area contributed by atoms with E-state index in [1.165, 1.54) is 11.3 Å². The molecule has 28 heavy (non-hydrogen) atoms. The van der Waals surface area contributed by atoms with Crippen LogP contribution in [0.2, 0.25) is 0 Å². The molecule has 0 unspecified atom stereocenters. The van der Waals surface area contributed by atoms with Crippen molar-refractivity contribution in [2.75, 3.05) is 32.7 Å². The second-order valence-corrected chi connectivity index (χ2v) is 6.74. The minimum atomic E-state index is -0.458. The van der Waals surface area contributed by atoms with Gasteiger partial charge in [0.25, 0.3) is 0 Å². The summed E-state index contributed by atoms with van der Waals surface area (Å²) < 4.78 is 15.4.